The molecule has 0 aliphatic carbocycles. The van der Waals surface area contributed by atoms with E-state index in [0.29, 0.717) is 11.3 Å². The minimum absolute atomic E-state index is 0.0508. The van der Waals surface area contributed by atoms with E-state index in [0.717, 1.165) is 0 Å². The van der Waals surface area contributed by atoms with Crippen molar-refractivity contribution in [1.82, 2.24) is 0 Å². The second-order valence-corrected chi connectivity index (χ2v) is 4.58. The molecular formula is C13H16N2O6. The SMILES string of the molecule is Cc1ccc([N+](=O)[O-])cc1N(CCC(=O)O)C(C)C(=O)O. The average Bonchev–Trinajstić information content (AvgIpc) is 2.39. The summed E-state index contributed by atoms with van der Waals surface area (Å²) in [4.78, 5) is 33.5. The number of carbonyl (C=O) groups is 2. The number of anilines is 1. The summed E-state index contributed by atoms with van der Waals surface area (Å²) >= 11 is 0. The molecule has 1 aromatic carbocycles. The quantitative estimate of drug-likeness (QED) is 0.579. The van der Waals surface area contributed by atoms with Crippen LogP contribution < -0.4 is 4.90 Å². The highest BCUT2D eigenvalue weighted by molar-refractivity contribution is 5.79. The fraction of sp³-hybridized carbons (Fsp3) is 0.385. The third-order valence-corrected chi connectivity index (χ3v) is 3.10. The first-order valence-electron chi connectivity index (χ1n) is 6.20. The number of hydrogen-bond donors (Lipinski definition) is 2. The number of benzene rings is 1. The molecule has 8 heteroatoms. The number of rotatable bonds is 7. The Bertz CT molecular complexity index is 572. The van der Waals surface area contributed by atoms with E-state index >= 15 is 0 Å². The van der Waals surface area contributed by atoms with Crippen molar-refractivity contribution in [3.05, 3.63) is 33.9 Å². The van der Waals surface area contributed by atoms with Gasteiger partial charge in [0.1, 0.15) is 6.04 Å². The molecule has 0 aliphatic rings. The minimum atomic E-state index is -1.13. The molecule has 0 saturated carbocycles. The Labute approximate surface area is 120 Å². The predicted octanol–water partition coefficient (Wildman–Crippen LogP) is 1.66. The van der Waals surface area contributed by atoms with Gasteiger partial charge in [0, 0.05) is 24.4 Å². The fourth-order valence-electron chi connectivity index (χ4n) is 1.89. The largest absolute Gasteiger partial charge is 0.481 e. The van der Waals surface area contributed by atoms with Crippen LogP contribution in [-0.4, -0.2) is 39.7 Å². The lowest BCUT2D eigenvalue weighted by Gasteiger charge is -2.29. The molecule has 0 aromatic heterocycles. The summed E-state index contributed by atoms with van der Waals surface area (Å²) in [6, 6.07) is 3.09. The Morgan fingerprint density at radius 3 is 2.48 bits per heavy atom. The summed E-state index contributed by atoms with van der Waals surface area (Å²) in [5.74, 6) is -2.20. The second kappa shape index (κ2) is 6.69. The first-order chi connectivity index (χ1) is 9.73. The zero-order valence-corrected chi connectivity index (χ0v) is 11.6. The summed E-state index contributed by atoms with van der Waals surface area (Å²) < 4.78 is 0. The Balaban J connectivity index is 3.23. The zero-order valence-electron chi connectivity index (χ0n) is 11.6. The first kappa shape index (κ1) is 16.4. The average molecular weight is 296 g/mol. The van der Waals surface area contributed by atoms with E-state index in [4.69, 9.17) is 10.2 Å². The molecule has 1 unspecified atom stereocenters. The molecule has 0 bridgehead atoms. The second-order valence-electron chi connectivity index (χ2n) is 4.58. The van der Waals surface area contributed by atoms with Gasteiger partial charge in [0.15, 0.2) is 0 Å². The smallest absolute Gasteiger partial charge is 0.326 e. The molecule has 0 heterocycles. The monoisotopic (exact) mass is 296 g/mol. The van der Waals surface area contributed by atoms with Gasteiger partial charge in [-0.05, 0) is 19.4 Å². The molecular weight excluding hydrogens is 280 g/mol. The van der Waals surface area contributed by atoms with Crippen LogP contribution in [0.3, 0.4) is 0 Å². The van der Waals surface area contributed by atoms with E-state index in [1.807, 2.05) is 0 Å². The first-order valence-corrected chi connectivity index (χ1v) is 6.20. The van der Waals surface area contributed by atoms with Crippen molar-refractivity contribution in [2.75, 3.05) is 11.4 Å². The van der Waals surface area contributed by atoms with Gasteiger partial charge in [-0.2, -0.15) is 0 Å². The van der Waals surface area contributed by atoms with Crippen LogP contribution in [0.5, 0.6) is 0 Å². The van der Waals surface area contributed by atoms with Gasteiger partial charge >= 0.3 is 11.9 Å². The Morgan fingerprint density at radius 1 is 1.38 bits per heavy atom. The van der Waals surface area contributed by atoms with Gasteiger partial charge in [0.25, 0.3) is 5.69 Å². The third-order valence-electron chi connectivity index (χ3n) is 3.10. The topological polar surface area (TPSA) is 121 Å². The summed E-state index contributed by atoms with van der Waals surface area (Å²) in [6.07, 6.45) is -0.264. The van der Waals surface area contributed by atoms with Crippen LogP contribution in [0.25, 0.3) is 0 Å². The molecule has 0 radical (unpaired) electrons. The molecule has 21 heavy (non-hydrogen) atoms. The Kier molecular flexibility index (Phi) is 5.23. The predicted molar refractivity (Wildman–Crippen MR) is 74.5 cm³/mol. The standard InChI is InChI=1S/C13H16N2O6/c1-8-3-4-10(15(20)21)7-11(8)14(6-5-12(16)17)9(2)13(18)19/h3-4,7,9H,5-6H2,1-2H3,(H,16,17)(H,18,19). The molecule has 8 nitrogen and oxygen atoms in total. The van der Waals surface area contributed by atoms with Crippen molar-refractivity contribution >= 4 is 23.3 Å². The molecule has 1 rings (SSSR count). The molecule has 1 atom stereocenters. The number of aryl methyl sites for hydroxylation is 1. The van der Waals surface area contributed by atoms with E-state index in [1.165, 1.54) is 30.0 Å². The van der Waals surface area contributed by atoms with Gasteiger partial charge in [-0.3, -0.25) is 14.9 Å². The highest BCUT2D eigenvalue weighted by Gasteiger charge is 2.24. The summed E-state index contributed by atoms with van der Waals surface area (Å²) in [5, 5.41) is 28.7. The van der Waals surface area contributed by atoms with Crippen molar-refractivity contribution in [2.24, 2.45) is 0 Å². The van der Waals surface area contributed by atoms with E-state index in [2.05, 4.69) is 0 Å². The summed E-state index contributed by atoms with van der Waals surface area (Å²) in [7, 11) is 0. The van der Waals surface area contributed by atoms with E-state index in [-0.39, 0.29) is 18.7 Å². The van der Waals surface area contributed by atoms with Gasteiger partial charge < -0.3 is 15.1 Å². The van der Waals surface area contributed by atoms with Crippen molar-refractivity contribution in [2.45, 2.75) is 26.3 Å². The molecule has 1 aromatic rings. The van der Waals surface area contributed by atoms with Crippen LogP contribution in [-0.2, 0) is 9.59 Å². The third kappa shape index (κ3) is 4.16. The van der Waals surface area contributed by atoms with E-state index < -0.39 is 22.9 Å². The van der Waals surface area contributed by atoms with Crippen molar-refractivity contribution in [1.29, 1.82) is 0 Å². The van der Waals surface area contributed by atoms with Crippen LogP contribution >= 0.6 is 0 Å². The van der Waals surface area contributed by atoms with Gasteiger partial charge in [-0.25, -0.2) is 4.79 Å². The fourth-order valence-corrected chi connectivity index (χ4v) is 1.89. The number of carboxylic acids is 2. The molecule has 2 N–H and O–H groups in total. The van der Waals surface area contributed by atoms with Crippen molar-refractivity contribution in [3.63, 3.8) is 0 Å². The maximum absolute atomic E-state index is 11.2. The number of aliphatic carboxylic acids is 2. The van der Waals surface area contributed by atoms with Crippen molar-refractivity contribution < 1.29 is 24.7 Å². The maximum Gasteiger partial charge on any atom is 0.326 e. The van der Waals surface area contributed by atoms with Crippen LogP contribution in [0.1, 0.15) is 18.9 Å². The van der Waals surface area contributed by atoms with Gasteiger partial charge in [0.05, 0.1) is 11.3 Å². The van der Waals surface area contributed by atoms with Crippen LogP contribution in [0.2, 0.25) is 0 Å². The molecule has 114 valence electrons. The molecule has 0 amide bonds. The number of carboxylic acid groups (broad SMARTS) is 2. The number of non-ortho nitro benzene ring substituents is 1. The maximum atomic E-state index is 11.2. The van der Waals surface area contributed by atoms with Crippen LogP contribution in [0.15, 0.2) is 18.2 Å². The number of hydrogen-bond acceptors (Lipinski definition) is 5. The highest BCUT2D eigenvalue weighted by atomic mass is 16.6. The highest BCUT2D eigenvalue weighted by Crippen LogP contribution is 2.27. The summed E-state index contributed by atoms with van der Waals surface area (Å²) in [6.45, 7) is 3.04. The normalized spacial score (nSPS) is 11.7. The Morgan fingerprint density at radius 2 is 2.00 bits per heavy atom. The van der Waals surface area contributed by atoms with Crippen LogP contribution in [0, 0.1) is 17.0 Å². The van der Waals surface area contributed by atoms with Crippen molar-refractivity contribution in [3.8, 4) is 0 Å². The van der Waals surface area contributed by atoms with E-state index in [1.54, 1.807) is 6.92 Å². The molecule has 0 spiro atoms. The Hall–Kier alpha value is -2.64. The number of nitro benzene ring substituents is 1. The molecule has 0 fully saturated rings. The number of nitrogens with zero attached hydrogens (tertiary/aromatic N) is 2. The lowest BCUT2D eigenvalue weighted by molar-refractivity contribution is -0.384. The van der Waals surface area contributed by atoms with Gasteiger partial charge in [0.2, 0.25) is 0 Å². The lowest BCUT2D eigenvalue weighted by atomic mass is 10.1. The summed E-state index contributed by atoms with van der Waals surface area (Å²) in [5.41, 5.74) is 0.813. The van der Waals surface area contributed by atoms with Crippen LogP contribution in [0.4, 0.5) is 11.4 Å². The number of nitro groups is 1. The molecule has 0 aliphatic heterocycles. The van der Waals surface area contributed by atoms with Gasteiger partial charge in [-0.1, -0.05) is 6.07 Å². The lowest BCUT2D eigenvalue weighted by Crippen LogP contribution is -2.40. The van der Waals surface area contributed by atoms with E-state index in [9.17, 15) is 19.7 Å². The zero-order chi connectivity index (χ0) is 16.2. The minimum Gasteiger partial charge on any atom is -0.481 e. The molecule has 0 saturated heterocycles. The van der Waals surface area contributed by atoms with Gasteiger partial charge in [-0.15, -0.1) is 0 Å².